The molecule has 128 valence electrons. The molecule has 0 aliphatic rings. The Labute approximate surface area is 150 Å². The summed E-state index contributed by atoms with van der Waals surface area (Å²) in [5, 5.41) is 3.76. The molecule has 1 N–H and O–H groups in total. The largest absolute Gasteiger partial charge is 0.445 e. The molecule has 2 aromatic heterocycles. The first-order chi connectivity index (χ1) is 12.2. The fraction of sp³-hybridized carbons (Fsp3) is 0.211. The Morgan fingerprint density at radius 2 is 1.92 bits per heavy atom. The van der Waals surface area contributed by atoms with Crippen LogP contribution in [-0.4, -0.2) is 22.6 Å². The van der Waals surface area contributed by atoms with Gasteiger partial charge in [0.15, 0.2) is 0 Å². The second-order valence-corrected chi connectivity index (χ2v) is 6.59. The van der Waals surface area contributed by atoms with Gasteiger partial charge in [0.1, 0.15) is 11.6 Å². The van der Waals surface area contributed by atoms with Gasteiger partial charge in [0.05, 0.1) is 5.69 Å². The van der Waals surface area contributed by atoms with Crippen molar-refractivity contribution in [2.24, 2.45) is 0 Å². The summed E-state index contributed by atoms with van der Waals surface area (Å²) in [6.45, 7) is 2.79. The van der Waals surface area contributed by atoms with Crippen molar-refractivity contribution < 1.29 is 9.53 Å². The van der Waals surface area contributed by atoms with Crippen molar-refractivity contribution in [3.8, 4) is 10.6 Å². The van der Waals surface area contributed by atoms with Crippen molar-refractivity contribution >= 4 is 17.4 Å². The van der Waals surface area contributed by atoms with Crippen molar-refractivity contribution in [2.45, 2.75) is 20.0 Å². The van der Waals surface area contributed by atoms with E-state index in [4.69, 9.17) is 4.74 Å². The molecule has 3 rings (SSSR count). The van der Waals surface area contributed by atoms with Crippen LogP contribution in [0.2, 0.25) is 0 Å². The van der Waals surface area contributed by atoms with E-state index in [1.54, 1.807) is 23.7 Å². The monoisotopic (exact) mass is 353 g/mol. The summed E-state index contributed by atoms with van der Waals surface area (Å²) in [5.41, 5.74) is 3.03. The predicted molar refractivity (Wildman–Crippen MR) is 98.4 cm³/mol. The van der Waals surface area contributed by atoms with E-state index in [1.165, 1.54) is 0 Å². The maximum atomic E-state index is 11.8. The Balaban J connectivity index is 1.47. The minimum Gasteiger partial charge on any atom is -0.445 e. The van der Waals surface area contributed by atoms with Crippen LogP contribution in [0.15, 0.2) is 54.9 Å². The van der Waals surface area contributed by atoms with Crippen LogP contribution in [0, 0.1) is 6.92 Å². The predicted octanol–water partition coefficient (Wildman–Crippen LogP) is 3.98. The van der Waals surface area contributed by atoms with Crippen molar-refractivity contribution in [1.82, 2.24) is 15.3 Å². The van der Waals surface area contributed by atoms with Gasteiger partial charge in [0.2, 0.25) is 0 Å². The quantitative estimate of drug-likeness (QED) is 0.728. The summed E-state index contributed by atoms with van der Waals surface area (Å²) in [6.07, 6.45) is 3.85. The van der Waals surface area contributed by atoms with Gasteiger partial charge in [-0.2, -0.15) is 0 Å². The topological polar surface area (TPSA) is 64.1 Å². The number of aromatic nitrogens is 2. The number of ether oxygens (including phenoxy) is 1. The number of carbonyl (C=O) groups is 1. The van der Waals surface area contributed by atoms with Gasteiger partial charge in [-0.05, 0) is 24.6 Å². The Bertz CT molecular complexity index is 819. The highest BCUT2D eigenvalue weighted by atomic mass is 32.1. The number of aryl methyl sites for hydroxylation is 1. The average molecular weight is 353 g/mol. The van der Waals surface area contributed by atoms with E-state index >= 15 is 0 Å². The zero-order chi connectivity index (χ0) is 17.5. The van der Waals surface area contributed by atoms with Crippen LogP contribution in [0.1, 0.15) is 16.1 Å². The zero-order valence-electron chi connectivity index (χ0n) is 13.9. The van der Waals surface area contributed by atoms with E-state index in [9.17, 15) is 4.79 Å². The molecule has 2 heterocycles. The molecule has 0 bridgehead atoms. The molecule has 0 spiro atoms. The van der Waals surface area contributed by atoms with Gasteiger partial charge in [-0.15, -0.1) is 11.3 Å². The molecule has 0 fully saturated rings. The highest BCUT2D eigenvalue weighted by molar-refractivity contribution is 7.15. The maximum Gasteiger partial charge on any atom is 0.407 e. The SMILES string of the molecule is Cc1nc(-c2ccncc2)sc1CCNC(=O)OCc1ccccc1. The van der Waals surface area contributed by atoms with Gasteiger partial charge in [0.25, 0.3) is 0 Å². The summed E-state index contributed by atoms with van der Waals surface area (Å²) in [4.78, 5) is 21.6. The molecule has 1 amide bonds. The fourth-order valence-electron chi connectivity index (χ4n) is 2.33. The molecule has 0 aliphatic heterocycles. The number of hydrogen-bond donors (Lipinski definition) is 1. The van der Waals surface area contributed by atoms with Gasteiger partial charge in [-0.1, -0.05) is 30.3 Å². The highest BCUT2D eigenvalue weighted by Crippen LogP contribution is 2.27. The van der Waals surface area contributed by atoms with E-state index in [-0.39, 0.29) is 6.61 Å². The summed E-state index contributed by atoms with van der Waals surface area (Å²) >= 11 is 1.64. The molecule has 0 saturated heterocycles. The van der Waals surface area contributed by atoms with Crippen LogP contribution in [-0.2, 0) is 17.8 Å². The van der Waals surface area contributed by atoms with E-state index in [1.807, 2.05) is 49.4 Å². The van der Waals surface area contributed by atoms with Crippen LogP contribution >= 0.6 is 11.3 Å². The molecular formula is C19H19N3O2S. The number of thiazole rings is 1. The van der Waals surface area contributed by atoms with Crippen LogP contribution in [0.4, 0.5) is 4.79 Å². The lowest BCUT2D eigenvalue weighted by Crippen LogP contribution is -2.26. The van der Waals surface area contributed by atoms with E-state index in [0.29, 0.717) is 6.54 Å². The van der Waals surface area contributed by atoms with Gasteiger partial charge in [0, 0.05) is 35.8 Å². The first kappa shape index (κ1) is 17.1. The van der Waals surface area contributed by atoms with Crippen molar-refractivity contribution in [3.63, 3.8) is 0 Å². The molecule has 0 unspecified atom stereocenters. The van der Waals surface area contributed by atoms with E-state index in [2.05, 4.69) is 15.3 Å². The zero-order valence-corrected chi connectivity index (χ0v) is 14.8. The third-order valence-corrected chi connectivity index (χ3v) is 4.92. The van der Waals surface area contributed by atoms with E-state index in [0.717, 1.165) is 33.1 Å². The Kier molecular flexibility index (Phi) is 5.74. The van der Waals surface area contributed by atoms with Gasteiger partial charge in [-0.3, -0.25) is 4.98 Å². The van der Waals surface area contributed by atoms with Crippen LogP contribution < -0.4 is 5.32 Å². The molecule has 0 radical (unpaired) electrons. The Morgan fingerprint density at radius 3 is 2.68 bits per heavy atom. The first-order valence-electron chi connectivity index (χ1n) is 8.03. The standard InChI is InChI=1S/C19H19N3O2S/c1-14-17(25-18(22-14)16-7-10-20-11-8-16)9-12-21-19(23)24-13-15-5-3-2-4-6-15/h2-8,10-11H,9,12-13H2,1H3,(H,21,23). The number of nitrogens with one attached hydrogen (secondary N) is 1. The van der Waals surface area contributed by atoms with Crippen molar-refractivity contribution in [2.75, 3.05) is 6.54 Å². The number of carbonyl (C=O) groups excluding carboxylic acids is 1. The normalized spacial score (nSPS) is 10.4. The number of benzene rings is 1. The molecule has 5 nitrogen and oxygen atoms in total. The summed E-state index contributed by atoms with van der Waals surface area (Å²) in [7, 11) is 0. The molecule has 25 heavy (non-hydrogen) atoms. The fourth-order valence-corrected chi connectivity index (χ4v) is 3.40. The smallest absolute Gasteiger partial charge is 0.407 e. The lowest BCUT2D eigenvalue weighted by molar-refractivity contribution is 0.140. The molecule has 1 aromatic carbocycles. The van der Waals surface area contributed by atoms with Crippen LogP contribution in [0.3, 0.4) is 0 Å². The lowest BCUT2D eigenvalue weighted by atomic mass is 10.2. The van der Waals surface area contributed by atoms with Crippen molar-refractivity contribution in [1.29, 1.82) is 0 Å². The number of hydrogen-bond acceptors (Lipinski definition) is 5. The minimum atomic E-state index is -0.402. The first-order valence-corrected chi connectivity index (χ1v) is 8.85. The highest BCUT2D eigenvalue weighted by Gasteiger charge is 2.10. The third-order valence-electron chi connectivity index (χ3n) is 3.65. The van der Waals surface area contributed by atoms with Crippen molar-refractivity contribution in [3.05, 3.63) is 71.0 Å². The van der Waals surface area contributed by atoms with Gasteiger partial charge >= 0.3 is 6.09 Å². The second-order valence-electron chi connectivity index (χ2n) is 5.50. The Hall–Kier alpha value is -2.73. The molecule has 0 aliphatic carbocycles. The van der Waals surface area contributed by atoms with Crippen LogP contribution in [0.25, 0.3) is 10.6 Å². The minimum absolute atomic E-state index is 0.276. The number of alkyl carbamates (subject to hydrolysis) is 1. The molecule has 0 atom stereocenters. The summed E-state index contributed by atoms with van der Waals surface area (Å²) in [5.74, 6) is 0. The number of pyridine rings is 1. The number of rotatable bonds is 6. The summed E-state index contributed by atoms with van der Waals surface area (Å²) in [6, 6.07) is 13.5. The maximum absolute atomic E-state index is 11.8. The Morgan fingerprint density at radius 1 is 1.16 bits per heavy atom. The van der Waals surface area contributed by atoms with Crippen LogP contribution in [0.5, 0.6) is 0 Å². The number of amides is 1. The molecule has 3 aromatic rings. The number of nitrogens with zero attached hydrogens (tertiary/aromatic N) is 2. The molecular weight excluding hydrogens is 334 g/mol. The molecule has 6 heteroatoms. The molecule has 0 saturated carbocycles. The summed E-state index contributed by atoms with van der Waals surface area (Å²) < 4.78 is 5.20. The van der Waals surface area contributed by atoms with Gasteiger partial charge < -0.3 is 10.1 Å². The average Bonchev–Trinajstić information content (AvgIpc) is 3.02. The van der Waals surface area contributed by atoms with E-state index < -0.39 is 6.09 Å². The second kappa shape index (κ2) is 8.39. The lowest BCUT2D eigenvalue weighted by Gasteiger charge is -2.06. The third kappa shape index (κ3) is 4.87. The van der Waals surface area contributed by atoms with Gasteiger partial charge in [-0.25, -0.2) is 9.78 Å².